The molecule has 3 amide bonds. The zero-order valence-corrected chi connectivity index (χ0v) is 20.9. The lowest BCUT2D eigenvalue weighted by atomic mass is 9.78. The SMILES string of the molecule is CC[C@H](NC(=O)Cc1ccccc1N1CCC(NC(=O)OCc2ccccc2)(C(C)C)C1=O)B(O)O. The molecule has 0 bridgehead atoms. The number of rotatable bonds is 10. The van der Waals surface area contributed by atoms with E-state index < -0.39 is 24.7 Å². The molecule has 1 heterocycles. The van der Waals surface area contributed by atoms with Crippen LogP contribution < -0.4 is 15.5 Å². The van der Waals surface area contributed by atoms with Crippen LogP contribution in [0, 0.1) is 5.92 Å². The smallest absolute Gasteiger partial charge is 0.445 e. The number of amides is 3. The predicted octanol–water partition coefficient (Wildman–Crippen LogP) is 2.19. The summed E-state index contributed by atoms with van der Waals surface area (Å²) in [6.07, 6.45) is 0.0471. The van der Waals surface area contributed by atoms with Crippen LogP contribution in [0.25, 0.3) is 0 Å². The molecule has 0 aliphatic carbocycles. The van der Waals surface area contributed by atoms with Gasteiger partial charge in [0.1, 0.15) is 12.1 Å². The predicted molar refractivity (Wildman–Crippen MR) is 137 cm³/mol. The highest BCUT2D eigenvalue weighted by atomic mass is 16.5. The summed E-state index contributed by atoms with van der Waals surface area (Å²) < 4.78 is 5.38. The van der Waals surface area contributed by atoms with Crippen molar-refractivity contribution in [2.45, 2.75) is 58.1 Å². The standard InChI is InChI=1S/C26H34BN3O6/c1-4-22(27(34)35)28-23(31)16-20-12-8-9-13-21(20)30-15-14-26(18(2)3,24(30)32)29-25(33)36-17-19-10-6-5-7-11-19/h5-13,18,22,34-35H,4,14-17H2,1-3H3,(H,28,31)(H,29,33)/t22-,26?/m0/s1. The number of carbonyl (C=O) groups is 3. The summed E-state index contributed by atoms with van der Waals surface area (Å²) in [6, 6.07) is 16.4. The Labute approximate surface area is 212 Å². The fourth-order valence-corrected chi connectivity index (χ4v) is 4.45. The van der Waals surface area contributed by atoms with Gasteiger partial charge in [0.15, 0.2) is 0 Å². The Morgan fingerprint density at radius 2 is 1.78 bits per heavy atom. The number of ether oxygens (including phenoxy) is 1. The molecule has 0 radical (unpaired) electrons. The molecule has 4 N–H and O–H groups in total. The van der Waals surface area contributed by atoms with Gasteiger partial charge in [0.25, 0.3) is 5.91 Å². The van der Waals surface area contributed by atoms with E-state index >= 15 is 0 Å². The molecule has 2 atom stereocenters. The van der Waals surface area contributed by atoms with E-state index in [0.29, 0.717) is 30.6 Å². The molecule has 192 valence electrons. The second kappa shape index (κ2) is 12.1. The summed E-state index contributed by atoms with van der Waals surface area (Å²) in [6.45, 7) is 5.96. The number of nitrogens with zero attached hydrogens (tertiary/aromatic N) is 1. The van der Waals surface area contributed by atoms with Crippen molar-refractivity contribution in [2.24, 2.45) is 5.92 Å². The Morgan fingerprint density at radius 3 is 2.42 bits per heavy atom. The van der Waals surface area contributed by atoms with Crippen LogP contribution in [0.15, 0.2) is 54.6 Å². The minimum Gasteiger partial charge on any atom is -0.445 e. The summed E-state index contributed by atoms with van der Waals surface area (Å²) >= 11 is 0. The zero-order chi connectivity index (χ0) is 26.3. The Kier molecular flexibility index (Phi) is 9.11. The summed E-state index contributed by atoms with van der Waals surface area (Å²) in [7, 11) is -1.66. The maximum Gasteiger partial charge on any atom is 0.475 e. The van der Waals surface area contributed by atoms with Gasteiger partial charge in [-0.1, -0.05) is 69.3 Å². The van der Waals surface area contributed by atoms with Crippen LogP contribution >= 0.6 is 0 Å². The van der Waals surface area contributed by atoms with Crippen molar-refractivity contribution >= 4 is 30.7 Å². The van der Waals surface area contributed by atoms with E-state index in [1.165, 1.54) is 0 Å². The Morgan fingerprint density at radius 1 is 1.11 bits per heavy atom. The average molecular weight is 495 g/mol. The Hall–Kier alpha value is -3.37. The third-order valence-corrected chi connectivity index (χ3v) is 6.66. The number of hydrogen-bond acceptors (Lipinski definition) is 6. The van der Waals surface area contributed by atoms with Crippen LogP contribution in [0.4, 0.5) is 10.5 Å². The fraction of sp³-hybridized carbons (Fsp3) is 0.423. The Balaban J connectivity index is 1.74. The number of hydrogen-bond donors (Lipinski definition) is 4. The first-order valence-electron chi connectivity index (χ1n) is 12.2. The van der Waals surface area contributed by atoms with Crippen LogP contribution in [-0.2, 0) is 27.4 Å². The molecule has 3 rings (SSSR count). The van der Waals surface area contributed by atoms with E-state index in [4.69, 9.17) is 4.74 Å². The molecule has 0 aromatic heterocycles. The van der Waals surface area contributed by atoms with Crippen LogP contribution in [0.3, 0.4) is 0 Å². The van der Waals surface area contributed by atoms with Crippen molar-refractivity contribution in [1.82, 2.24) is 10.6 Å². The van der Waals surface area contributed by atoms with Crippen LogP contribution in [-0.4, -0.2) is 53.1 Å². The number of carbonyl (C=O) groups excluding carboxylic acids is 3. The van der Waals surface area contributed by atoms with Gasteiger partial charge in [-0.25, -0.2) is 4.79 Å². The van der Waals surface area contributed by atoms with Crippen LogP contribution in [0.2, 0.25) is 0 Å². The molecule has 2 aromatic rings. The van der Waals surface area contributed by atoms with Gasteiger partial charge in [0, 0.05) is 12.2 Å². The minimum atomic E-state index is -1.66. The van der Waals surface area contributed by atoms with Crippen molar-refractivity contribution in [3.05, 3.63) is 65.7 Å². The highest BCUT2D eigenvalue weighted by Gasteiger charge is 2.51. The summed E-state index contributed by atoms with van der Waals surface area (Å²) in [4.78, 5) is 40.6. The summed E-state index contributed by atoms with van der Waals surface area (Å²) in [5.41, 5.74) is 0.906. The quantitative estimate of drug-likeness (QED) is 0.374. The molecule has 0 saturated carbocycles. The van der Waals surface area contributed by atoms with Gasteiger partial charge in [-0.3, -0.25) is 9.59 Å². The maximum absolute atomic E-state index is 13.7. The second-order valence-electron chi connectivity index (χ2n) is 9.32. The van der Waals surface area contributed by atoms with Crippen molar-refractivity contribution in [3.8, 4) is 0 Å². The largest absolute Gasteiger partial charge is 0.475 e. The van der Waals surface area contributed by atoms with Gasteiger partial charge in [-0.15, -0.1) is 0 Å². The highest BCUT2D eigenvalue weighted by molar-refractivity contribution is 6.43. The molecule has 1 unspecified atom stereocenters. The molecule has 1 saturated heterocycles. The highest BCUT2D eigenvalue weighted by Crippen LogP contribution is 2.35. The third kappa shape index (κ3) is 6.25. The maximum atomic E-state index is 13.7. The molecule has 1 fully saturated rings. The average Bonchev–Trinajstić information content (AvgIpc) is 3.18. The molecule has 10 heteroatoms. The lowest BCUT2D eigenvalue weighted by molar-refractivity contribution is -0.124. The fourth-order valence-electron chi connectivity index (χ4n) is 4.45. The number of para-hydroxylation sites is 1. The first-order chi connectivity index (χ1) is 17.2. The lowest BCUT2D eigenvalue weighted by Crippen LogP contribution is -2.57. The molecular formula is C26H34BN3O6. The van der Waals surface area contributed by atoms with Gasteiger partial charge >= 0.3 is 13.2 Å². The summed E-state index contributed by atoms with van der Waals surface area (Å²) in [5, 5.41) is 24.3. The number of nitrogens with one attached hydrogen (secondary N) is 2. The number of alkyl carbamates (subject to hydrolysis) is 1. The molecular weight excluding hydrogens is 461 g/mol. The summed E-state index contributed by atoms with van der Waals surface area (Å²) in [5.74, 6) is -1.63. The zero-order valence-electron chi connectivity index (χ0n) is 20.9. The van der Waals surface area contributed by atoms with Crippen molar-refractivity contribution < 1.29 is 29.2 Å². The first kappa shape index (κ1) is 27.2. The van der Waals surface area contributed by atoms with Gasteiger partial charge in [0.05, 0.1) is 12.4 Å². The number of anilines is 1. The van der Waals surface area contributed by atoms with Crippen molar-refractivity contribution in [2.75, 3.05) is 11.4 Å². The molecule has 1 aliphatic heterocycles. The van der Waals surface area contributed by atoms with Gasteiger partial charge < -0.3 is 30.3 Å². The van der Waals surface area contributed by atoms with Crippen molar-refractivity contribution in [1.29, 1.82) is 0 Å². The van der Waals surface area contributed by atoms with Gasteiger partial charge in [-0.2, -0.15) is 0 Å². The number of benzene rings is 2. The Bertz CT molecular complexity index is 1060. The van der Waals surface area contributed by atoms with E-state index in [0.717, 1.165) is 5.56 Å². The second-order valence-corrected chi connectivity index (χ2v) is 9.32. The van der Waals surface area contributed by atoms with Gasteiger partial charge in [-0.05, 0) is 36.0 Å². The molecule has 2 aromatic carbocycles. The monoisotopic (exact) mass is 495 g/mol. The molecule has 36 heavy (non-hydrogen) atoms. The van der Waals surface area contributed by atoms with E-state index in [9.17, 15) is 24.4 Å². The minimum absolute atomic E-state index is 0.0373. The lowest BCUT2D eigenvalue weighted by Gasteiger charge is -2.32. The van der Waals surface area contributed by atoms with E-state index in [2.05, 4.69) is 10.6 Å². The van der Waals surface area contributed by atoms with Crippen molar-refractivity contribution in [3.63, 3.8) is 0 Å². The van der Waals surface area contributed by atoms with E-state index in [1.807, 2.05) is 44.2 Å². The first-order valence-corrected chi connectivity index (χ1v) is 12.2. The molecule has 9 nitrogen and oxygen atoms in total. The molecule has 0 spiro atoms. The topological polar surface area (TPSA) is 128 Å². The van der Waals surface area contributed by atoms with E-state index in [-0.39, 0.29) is 30.8 Å². The third-order valence-electron chi connectivity index (χ3n) is 6.66. The van der Waals surface area contributed by atoms with Crippen LogP contribution in [0.5, 0.6) is 0 Å². The molecule has 1 aliphatic rings. The van der Waals surface area contributed by atoms with Gasteiger partial charge in [0.2, 0.25) is 5.91 Å². The normalized spacial score (nSPS) is 18.2. The van der Waals surface area contributed by atoms with E-state index in [1.54, 1.807) is 36.1 Å². The van der Waals surface area contributed by atoms with Crippen LogP contribution in [0.1, 0.15) is 44.7 Å².